The Hall–Kier alpha value is -6.90. The SMILES string of the molecule is CC1(C)c2ccccc2-c2ccc(-c3cc(C4=CC5c6ccccc6N(c6ccc(-c7ccccc7)cc6)C5C=C4)ccc3Nc3cccc4ccccc34)cc21. The van der Waals surface area contributed by atoms with Gasteiger partial charge < -0.3 is 10.2 Å². The van der Waals surface area contributed by atoms with Gasteiger partial charge in [-0.2, -0.15) is 0 Å². The van der Waals surface area contributed by atoms with Crippen molar-refractivity contribution in [1.29, 1.82) is 0 Å². The Morgan fingerprint density at radius 1 is 0.509 bits per heavy atom. The van der Waals surface area contributed by atoms with Crippen LogP contribution in [0.2, 0.25) is 0 Å². The number of anilines is 4. The molecule has 1 aliphatic heterocycles. The fourth-order valence-electron chi connectivity index (χ4n) is 9.71. The smallest absolute Gasteiger partial charge is 0.0630 e. The van der Waals surface area contributed by atoms with Gasteiger partial charge in [-0.1, -0.05) is 172 Å². The van der Waals surface area contributed by atoms with E-state index >= 15 is 0 Å². The maximum absolute atomic E-state index is 3.89. The van der Waals surface area contributed by atoms with Crippen molar-refractivity contribution in [1.82, 2.24) is 0 Å². The zero-order valence-electron chi connectivity index (χ0n) is 32.2. The first kappa shape index (κ1) is 33.4. The van der Waals surface area contributed by atoms with E-state index in [0.717, 1.165) is 11.4 Å². The first-order valence-electron chi connectivity index (χ1n) is 20.1. The molecule has 2 atom stereocenters. The van der Waals surface area contributed by atoms with Crippen molar-refractivity contribution in [2.75, 3.05) is 10.2 Å². The van der Waals surface area contributed by atoms with Crippen LogP contribution >= 0.6 is 0 Å². The van der Waals surface area contributed by atoms with Crippen molar-refractivity contribution in [2.45, 2.75) is 31.2 Å². The van der Waals surface area contributed by atoms with Gasteiger partial charge in [-0.3, -0.25) is 0 Å². The van der Waals surface area contributed by atoms with Crippen molar-refractivity contribution in [3.63, 3.8) is 0 Å². The predicted octanol–water partition coefficient (Wildman–Crippen LogP) is 14.5. The fraction of sp³-hybridized carbons (Fsp3) is 0.0909. The molecule has 272 valence electrons. The van der Waals surface area contributed by atoms with Gasteiger partial charge in [0.15, 0.2) is 0 Å². The van der Waals surface area contributed by atoms with Crippen LogP contribution in [0.15, 0.2) is 200 Å². The Bertz CT molecular complexity index is 2910. The molecular formula is C55H42N2. The van der Waals surface area contributed by atoms with E-state index in [1.54, 1.807) is 0 Å². The summed E-state index contributed by atoms with van der Waals surface area (Å²) in [6, 6.07) is 66.9. The number of hydrogen-bond donors (Lipinski definition) is 1. The zero-order chi connectivity index (χ0) is 38.1. The third-order valence-corrected chi connectivity index (χ3v) is 12.6. The normalized spacial score (nSPS) is 17.1. The minimum Gasteiger partial charge on any atom is -0.355 e. The molecular weight excluding hydrogens is 689 g/mol. The summed E-state index contributed by atoms with van der Waals surface area (Å²) < 4.78 is 0. The van der Waals surface area contributed by atoms with E-state index in [4.69, 9.17) is 0 Å². The van der Waals surface area contributed by atoms with Gasteiger partial charge in [-0.25, -0.2) is 0 Å². The van der Waals surface area contributed by atoms with E-state index in [-0.39, 0.29) is 17.4 Å². The second-order valence-corrected chi connectivity index (χ2v) is 16.2. The molecule has 0 aromatic heterocycles. The van der Waals surface area contributed by atoms with Gasteiger partial charge in [0.2, 0.25) is 0 Å². The van der Waals surface area contributed by atoms with Crippen LogP contribution in [0, 0.1) is 0 Å². The van der Waals surface area contributed by atoms with E-state index in [0.29, 0.717) is 0 Å². The lowest BCUT2D eigenvalue weighted by Crippen LogP contribution is -2.28. The molecule has 57 heavy (non-hydrogen) atoms. The Morgan fingerprint density at radius 2 is 1.21 bits per heavy atom. The number of para-hydroxylation sites is 1. The van der Waals surface area contributed by atoms with Crippen molar-refractivity contribution in [3.05, 3.63) is 222 Å². The molecule has 1 heterocycles. The number of fused-ring (bicyclic) bond motifs is 7. The van der Waals surface area contributed by atoms with Crippen molar-refractivity contribution < 1.29 is 0 Å². The monoisotopic (exact) mass is 730 g/mol. The number of benzene rings is 8. The van der Waals surface area contributed by atoms with Gasteiger partial charge in [-0.05, 0) is 103 Å². The Kier molecular flexibility index (Phi) is 7.69. The third kappa shape index (κ3) is 5.47. The van der Waals surface area contributed by atoms with Crippen LogP contribution in [-0.2, 0) is 5.41 Å². The van der Waals surface area contributed by atoms with Crippen LogP contribution in [0.4, 0.5) is 22.7 Å². The minimum absolute atomic E-state index is 0.0873. The summed E-state index contributed by atoms with van der Waals surface area (Å²) in [4.78, 5) is 2.52. The van der Waals surface area contributed by atoms with Crippen LogP contribution in [0.1, 0.15) is 42.0 Å². The second kappa shape index (κ2) is 13.1. The molecule has 3 aliphatic rings. The first-order valence-corrected chi connectivity index (χ1v) is 20.1. The average molecular weight is 731 g/mol. The Labute approximate surface area is 335 Å². The second-order valence-electron chi connectivity index (χ2n) is 16.2. The van der Waals surface area contributed by atoms with Crippen LogP contribution < -0.4 is 10.2 Å². The molecule has 8 aromatic rings. The maximum Gasteiger partial charge on any atom is 0.0630 e. The standard InChI is InChI=1S/C55H42N2/c1-55(2)49-20-10-8-18-44(49)45-30-25-41(35-50(45)55)47-33-39(26-31-52(47)56-51-21-12-16-38-15-6-7-17-43(38)51)40-27-32-54-48(34-40)46-19-9-11-22-53(46)57(54)42-28-23-37(24-29-42)36-13-4-3-5-14-36/h3-35,48,54,56H,1-2H3. The van der Waals surface area contributed by atoms with E-state index in [1.165, 1.54) is 83.4 Å². The molecule has 8 aromatic carbocycles. The highest BCUT2D eigenvalue weighted by atomic mass is 15.2. The lowest BCUT2D eigenvalue weighted by Gasteiger charge is -2.30. The number of hydrogen-bond acceptors (Lipinski definition) is 2. The topological polar surface area (TPSA) is 15.3 Å². The molecule has 2 nitrogen and oxygen atoms in total. The molecule has 0 saturated heterocycles. The molecule has 0 bridgehead atoms. The van der Waals surface area contributed by atoms with Crippen LogP contribution in [0.3, 0.4) is 0 Å². The molecule has 11 rings (SSSR count). The molecule has 0 fully saturated rings. The summed E-state index contributed by atoms with van der Waals surface area (Å²) in [6.45, 7) is 4.73. The van der Waals surface area contributed by atoms with Crippen LogP contribution in [0.5, 0.6) is 0 Å². The van der Waals surface area contributed by atoms with E-state index in [2.05, 4.69) is 224 Å². The minimum atomic E-state index is -0.0873. The highest BCUT2D eigenvalue weighted by Gasteiger charge is 2.39. The Balaban J connectivity index is 0.996. The lowest BCUT2D eigenvalue weighted by atomic mass is 9.81. The number of nitrogens with one attached hydrogen (secondary N) is 1. The van der Waals surface area contributed by atoms with Crippen LogP contribution in [0.25, 0.3) is 49.7 Å². The summed E-state index contributed by atoms with van der Waals surface area (Å²) in [7, 11) is 0. The highest BCUT2D eigenvalue weighted by molar-refractivity contribution is 5.98. The Morgan fingerprint density at radius 3 is 2.11 bits per heavy atom. The van der Waals surface area contributed by atoms with Gasteiger partial charge >= 0.3 is 0 Å². The van der Waals surface area contributed by atoms with Gasteiger partial charge in [0.25, 0.3) is 0 Å². The highest BCUT2D eigenvalue weighted by Crippen LogP contribution is 2.52. The summed E-state index contributed by atoms with van der Waals surface area (Å²) in [5, 5.41) is 6.33. The summed E-state index contributed by atoms with van der Waals surface area (Å²) in [5.74, 6) is 0.228. The quantitative estimate of drug-likeness (QED) is 0.183. The third-order valence-electron chi connectivity index (χ3n) is 12.6. The molecule has 0 amide bonds. The van der Waals surface area contributed by atoms with Crippen molar-refractivity contribution >= 4 is 39.1 Å². The lowest BCUT2D eigenvalue weighted by molar-refractivity contribution is 0.660. The molecule has 0 radical (unpaired) electrons. The molecule has 2 aliphatic carbocycles. The molecule has 2 heteroatoms. The molecule has 0 saturated carbocycles. The summed E-state index contributed by atoms with van der Waals surface area (Å²) >= 11 is 0. The summed E-state index contributed by atoms with van der Waals surface area (Å²) in [5.41, 5.74) is 18.8. The molecule has 2 unspecified atom stereocenters. The maximum atomic E-state index is 3.89. The largest absolute Gasteiger partial charge is 0.355 e. The van der Waals surface area contributed by atoms with E-state index in [9.17, 15) is 0 Å². The predicted molar refractivity (Wildman–Crippen MR) is 241 cm³/mol. The number of allylic oxidation sites excluding steroid dienone is 2. The van der Waals surface area contributed by atoms with Gasteiger partial charge in [0.05, 0.1) is 6.04 Å². The fourth-order valence-corrected chi connectivity index (χ4v) is 9.71. The average Bonchev–Trinajstić information content (AvgIpc) is 3.72. The van der Waals surface area contributed by atoms with Crippen molar-refractivity contribution in [2.24, 2.45) is 0 Å². The van der Waals surface area contributed by atoms with E-state index in [1.807, 2.05) is 0 Å². The molecule has 1 N–H and O–H groups in total. The number of nitrogens with zero attached hydrogens (tertiary/aromatic N) is 1. The van der Waals surface area contributed by atoms with E-state index < -0.39 is 0 Å². The van der Waals surface area contributed by atoms with Gasteiger partial charge in [0.1, 0.15) is 0 Å². The first-order chi connectivity index (χ1) is 28.0. The van der Waals surface area contributed by atoms with Crippen molar-refractivity contribution in [3.8, 4) is 33.4 Å². The summed E-state index contributed by atoms with van der Waals surface area (Å²) in [6.07, 6.45) is 7.27. The van der Waals surface area contributed by atoms with Crippen LogP contribution in [-0.4, -0.2) is 6.04 Å². The molecule has 0 spiro atoms. The number of rotatable bonds is 6. The van der Waals surface area contributed by atoms with Gasteiger partial charge in [0, 0.05) is 45.0 Å². The van der Waals surface area contributed by atoms with Gasteiger partial charge in [-0.15, -0.1) is 0 Å². The zero-order valence-corrected chi connectivity index (χ0v) is 32.2.